The summed E-state index contributed by atoms with van der Waals surface area (Å²) in [6.07, 6.45) is -0.225. The topological polar surface area (TPSA) is 72.9 Å². The second-order valence-corrected chi connectivity index (χ2v) is 7.20. The molecule has 0 N–H and O–H groups in total. The van der Waals surface area contributed by atoms with Gasteiger partial charge in [0.1, 0.15) is 23.4 Å². The van der Waals surface area contributed by atoms with Crippen molar-refractivity contribution in [2.45, 2.75) is 17.9 Å². The summed E-state index contributed by atoms with van der Waals surface area (Å²) in [6, 6.07) is 14.7. The fourth-order valence-corrected chi connectivity index (χ4v) is 3.58. The Labute approximate surface area is 147 Å². The number of carbonyl (C=O) groups excluding carboxylic acids is 1. The van der Waals surface area contributed by atoms with Gasteiger partial charge in [0, 0.05) is 6.54 Å². The van der Waals surface area contributed by atoms with Crippen molar-refractivity contribution in [3.63, 3.8) is 0 Å². The molecule has 2 aromatic carbocycles. The number of hydrogen-bond acceptors (Lipinski definition) is 5. The Bertz CT molecular complexity index is 834. The molecular formula is C18H19NO5S. The van der Waals surface area contributed by atoms with Crippen LogP contribution in [-0.2, 0) is 19.6 Å². The van der Waals surface area contributed by atoms with Crippen LogP contribution in [0.3, 0.4) is 0 Å². The molecule has 1 aliphatic rings. The molecule has 0 radical (unpaired) electrons. The molecule has 1 fully saturated rings. The normalized spacial score (nSPS) is 18.2. The van der Waals surface area contributed by atoms with Crippen molar-refractivity contribution in [1.82, 2.24) is 4.90 Å². The summed E-state index contributed by atoms with van der Waals surface area (Å²) in [4.78, 5) is 13.5. The molecule has 0 spiro atoms. The second-order valence-electron chi connectivity index (χ2n) is 5.65. The van der Waals surface area contributed by atoms with Gasteiger partial charge in [0.15, 0.2) is 0 Å². The molecule has 1 amide bonds. The summed E-state index contributed by atoms with van der Waals surface area (Å²) >= 11 is 0. The molecule has 132 valence electrons. The maximum atomic E-state index is 12.2. The van der Waals surface area contributed by atoms with Crippen molar-refractivity contribution in [3.8, 4) is 5.75 Å². The minimum absolute atomic E-state index is 0.0207. The molecule has 1 saturated heterocycles. The highest BCUT2D eigenvalue weighted by atomic mass is 32.2. The molecule has 1 heterocycles. The fraction of sp³-hybridized carbons (Fsp3) is 0.278. The van der Waals surface area contributed by atoms with Crippen LogP contribution < -0.4 is 4.18 Å². The van der Waals surface area contributed by atoms with Crippen LogP contribution in [0.25, 0.3) is 0 Å². The van der Waals surface area contributed by atoms with E-state index < -0.39 is 10.1 Å². The smallest absolute Gasteiger partial charge is 0.339 e. The number of nitrogens with zero attached hydrogens (tertiary/aromatic N) is 1. The molecule has 2 aromatic rings. The van der Waals surface area contributed by atoms with E-state index in [4.69, 9.17) is 8.92 Å². The van der Waals surface area contributed by atoms with Gasteiger partial charge < -0.3 is 13.8 Å². The van der Waals surface area contributed by atoms with E-state index >= 15 is 0 Å². The number of likely N-dealkylation sites (N-methyl/N-ethyl adjacent to an activating group) is 1. The Morgan fingerprint density at radius 1 is 1.12 bits per heavy atom. The largest absolute Gasteiger partial charge is 0.379 e. The predicted octanol–water partition coefficient (Wildman–Crippen LogP) is 2.37. The van der Waals surface area contributed by atoms with Crippen LogP contribution in [0.4, 0.5) is 0 Å². The summed E-state index contributed by atoms with van der Waals surface area (Å²) < 4.78 is 35.2. The van der Waals surface area contributed by atoms with Crippen LogP contribution in [0.15, 0.2) is 59.5 Å². The Hall–Kier alpha value is -2.38. The molecule has 1 aliphatic heterocycles. The van der Waals surface area contributed by atoms with Gasteiger partial charge in [-0.1, -0.05) is 30.3 Å². The molecule has 1 atom stereocenters. The van der Waals surface area contributed by atoms with E-state index in [1.54, 1.807) is 47.4 Å². The Morgan fingerprint density at radius 2 is 1.80 bits per heavy atom. The van der Waals surface area contributed by atoms with Crippen LogP contribution in [0.1, 0.15) is 18.6 Å². The first-order valence-electron chi connectivity index (χ1n) is 7.98. The molecular weight excluding hydrogens is 342 g/mol. The first-order chi connectivity index (χ1) is 12.0. The standard InChI is InChI=1S/C18H19NO5S/c1-2-19-12-17(23-13-18(19)20)14-8-10-15(11-9-14)24-25(21,22)16-6-4-3-5-7-16/h3-11,17H,2,12-13H2,1H3/t17-/m0/s1. The van der Waals surface area contributed by atoms with Gasteiger partial charge in [-0.25, -0.2) is 0 Å². The van der Waals surface area contributed by atoms with Crippen LogP contribution in [0.5, 0.6) is 5.75 Å². The van der Waals surface area contributed by atoms with E-state index in [-0.39, 0.29) is 29.3 Å². The minimum atomic E-state index is -3.86. The van der Waals surface area contributed by atoms with Crippen LogP contribution >= 0.6 is 0 Å². The lowest BCUT2D eigenvalue weighted by molar-refractivity contribution is -0.148. The van der Waals surface area contributed by atoms with Crippen molar-refractivity contribution in [2.75, 3.05) is 19.7 Å². The van der Waals surface area contributed by atoms with Gasteiger partial charge in [-0.3, -0.25) is 4.79 Å². The fourth-order valence-electron chi connectivity index (χ4n) is 2.62. The summed E-state index contributed by atoms with van der Waals surface area (Å²) in [6.45, 7) is 3.10. The summed E-state index contributed by atoms with van der Waals surface area (Å²) in [5, 5.41) is 0. The van der Waals surface area contributed by atoms with Gasteiger partial charge in [0.05, 0.1) is 6.54 Å². The number of hydrogen-bond donors (Lipinski definition) is 0. The van der Waals surface area contributed by atoms with Gasteiger partial charge in [-0.2, -0.15) is 8.42 Å². The molecule has 7 heteroatoms. The number of ether oxygens (including phenoxy) is 1. The van der Waals surface area contributed by atoms with Crippen molar-refractivity contribution in [3.05, 3.63) is 60.2 Å². The molecule has 0 unspecified atom stereocenters. The molecule has 0 saturated carbocycles. The lowest BCUT2D eigenvalue weighted by atomic mass is 10.1. The van der Waals surface area contributed by atoms with Crippen molar-refractivity contribution in [2.24, 2.45) is 0 Å². The lowest BCUT2D eigenvalue weighted by Gasteiger charge is -2.32. The zero-order chi connectivity index (χ0) is 17.9. The average molecular weight is 361 g/mol. The quantitative estimate of drug-likeness (QED) is 0.765. The average Bonchev–Trinajstić information content (AvgIpc) is 2.63. The van der Waals surface area contributed by atoms with Gasteiger partial charge in [0.25, 0.3) is 0 Å². The lowest BCUT2D eigenvalue weighted by Crippen LogP contribution is -2.42. The van der Waals surface area contributed by atoms with E-state index in [1.807, 2.05) is 6.92 Å². The summed E-state index contributed by atoms with van der Waals surface area (Å²) in [7, 11) is -3.86. The highest BCUT2D eigenvalue weighted by Gasteiger charge is 2.26. The van der Waals surface area contributed by atoms with E-state index in [2.05, 4.69) is 0 Å². The Balaban J connectivity index is 1.72. The van der Waals surface area contributed by atoms with Gasteiger partial charge in [-0.05, 0) is 36.8 Å². The maximum Gasteiger partial charge on any atom is 0.339 e. The Morgan fingerprint density at radius 3 is 2.44 bits per heavy atom. The molecule has 6 nitrogen and oxygen atoms in total. The van der Waals surface area contributed by atoms with Gasteiger partial charge >= 0.3 is 10.1 Å². The second kappa shape index (κ2) is 7.25. The molecule has 25 heavy (non-hydrogen) atoms. The first kappa shape index (κ1) is 17.4. The highest BCUT2D eigenvalue weighted by Crippen LogP contribution is 2.26. The number of rotatable bonds is 5. The van der Waals surface area contributed by atoms with Crippen LogP contribution in [0.2, 0.25) is 0 Å². The zero-order valence-electron chi connectivity index (χ0n) is 13.8. The van der Waals surface area contributed by atoms with Crippen LogP contribution in [0, 0.1) is 0 Å². The first-order valence-corrected chi connectivity index (χ1v) is 9.39. The zero-order valence-corrected chi connectivity index (χ0v) is 14.6. The van der Waals surface area contributed by atoms with E-state index in [1.165, 1.54) is 12.1 Å². The van der Waals surface area contributed by atoms with E-state index in [0.717, 1.165) is 5.56 Å². The minimum Gasteiger partial charge on any atom is -0.379 e. The predicted molar refractivity (Wildman–Crippen MR) is 91.6 cm³/mol. The maximum absolute atomic E-state index is 12.2. The van der Waals surface area contributed by atoms with Gasteiger partial charge in [0.2, 0.25) is 5.91 Å². The Kier molecular flexibility index (Phi) is 5.06. The summed E-state index contributed by atoms with van der Waals surface area (Å²) in [5.74, 6) is 0.208. The number of carbonyl (C=O) groups is 1. The third kappa shape index (κ3) is 4.00. The van der Waals surface area contributed by atoms with E-state index in [9.17, 15) is 13.2 Å². The van der Waals surface area contributed by atoms with E-state index in [0.29, 0.717) is 13.1 Å². The highest BCUT2D eigenvalue weighted by molar-refractivity contribution is 7.87. The van der Waals surface area contributed by atoms with Crippen molar-refractivity contribution < 1.29 is 22.1 Å². The number of amides is 1. The number of morpholine rings is 1. The van der Waals surface area contributed by atoms with Gasteiger partial charge in [-0.15, -0.1) is 0 Å². The summed E-state index contributed by atoms with van der Waals surface area (Å²) in [5.41, 5.74) is 0.871. The molecule has 3 rings (SSSR count). The molecule has 0 aromatic heterocycles. The van der Waals surface area contributed by atoms with Crippen molar-refractivity contribution >= 4 is 16.0 Å². The number of benzene rings is 2. The van der Waals surface area contributed by atoms with Crippen LogP contribution in [-0.4, -0.2) is 38.9 Å². The third-order valence-corrected chi connectivity index (χ3v) is 5.28. The monoisotopic (exact) mass is 361 g/mol. The van der Waals surface area contributed by atoms with Crippen molar-refractivity contribution in [1.29, 1.82) is 0 Å². The molecule has 0 bridgehead atoms. The SMILES string of the molecule is CCN1C[C@@H](c2ccc(OS(=O)(=O)c3ccccc3)cc2)OCC1=O. The molecule has 0 aliphatic carbocycles. The third-order valence-electron chi connectivity index (χ3n) is 4.02.